The van der Waals surface area contributed by atoms with Crippen molar-refractivity contribution < 1.29 is 23.8 Å². The Morgan fingerprint density at radius 2 is 2.15 bits per heavy atom. The molecule has 0 bridgehead atoms. The lowest BCUT2D eigenvalue weighted by Crippen LogP contribution is -2.53. The number of hydrogen-bond donors (Lipinski definition) is 1. The molecule has 0 aromatic heterocycles. The number of benzene rings is 1. The van der Waals surface area contributed by atoms with E-state index in [-0.39, 0.29) is 24.9 Å². The van der Waals surface area contributed by atoms with Gasteiger partial charge in [0, 0.05) is 45.2 Å². The van der Waals surface area contributed by atoms with Gasteiger partial charge in [-0.15, -0.1) is 0 Å². The summed E-state index contributed by atoms with van der Waals surface area (Å²) in [7, 11) is 0. The molecule has 3 rings (SSSR count). The first-order valence-corrected chi connectivity index (χ1v) is 9.13. The number of piperidine rings is 1. The largest absolute Gasteiger partial charge is 0.490 e. The molecule has 2 heterocycles. The van der Waals surface area contributed by atoms with Crippen molar-refractivity contribution in [1.82, 2.24) is 9.80 Å². The van der Waals surface area contributed by atoms with Gasteiger partial charge in [0.1, 0.15) is 23.8 Å². The molecule has 1 aromatic rings. The number of rotatable bonds is 4. The summed E-state index contributed by atoms with van der Waals surface area (Å²) < 4.78 is 24.5. The summed E-state index contributed by atoms with van der Waals surface area (Å²) >= 11 is 0. The SMILES string of the molecule is CC(=O)N1CCC(N2CCOC[C@](O)(COc3cccc(F)c3)C2)CC1. The Morgan fingerprint density at radius 1 is 1.38 bits per heavy atom. The van der Waals surface area contributed by atoms with Gasteiger partial charge in [-0.25, -0.2) is 4.39 Å². The van der Waals surface area contributed by atoms with Crippen molar-refractivity contribution in [2.75, 3.05) is 46.0 Å². The van der Waals surface area contributed by atoms with Crippen LogP contribution in [0.5, 0.6) is 5.75 Å². The van der Waals surface area contributed by atoms with Crippen molar-refractivity contribution in [2.24, 2.45) is 0 Å². The number of halogens is 1. The topological polar surface area (TPSA) is 62.2 Å². The molecule has 0 spiro atoms. The second-order valence-electron chi connectivity index (χ2n) is 7.23. The molecule has 1 amide bonds. The first-order chi connectivity index (χ1) is 12.5. The van der Waals surface area contributed by atoms with E-state index in [1.807, 2.05) is 4.90 Å². The number of aliphatic hydroxyl groups is 1. The molecular weight excluding hydrogens is 339 g/mol. The van der Waals surface area contributed by atoms with E-state index in [0.29, 0.717) is 24.9 Å². The van der Waals surface area contributed by atoms with Crippen LogP contribution < -0.4 is 4.74 Å². The molecule has 1 N–H and O–H groups in total. The van der Waals surface area contributed by atoms with Gasteiger partial charge in [-0.05, 0) is 25.0 Å². The quantitative estimate of drug-likeness (QED) is 0.870. The summed E-state index contributed by atoms with van der Waals surface area (Å²) in [6.07, 6.45) is 1.78. The van der Waals surface area contributed by atoms with Gasteiger partial charge in [-0.3, -0.25) is 9.69 Å². The van der Waals surface area contributed by atoms with Crippen LogP contribution in [0.4, 0.5) is 4.39 Å². The lowest BCUT2D eigenvalue weighted by Gasteiger charge is -2.40. The third-order valence-corrected chi connectivity index (χ3v) is 5.12. The number of carbonyl (C=O) groups excluding carboxylic acids is 1. The van der Waals surface area contributed by atoms with Crippen LogP contribution in [0.3, 0.4) is 0 Å². The normalized spacial score (nSPS) is 25.7. The lowest BCUT2D eigenvalue weighted by atomic mass is 9.99. The maximum atomic E-state index is 13.3. The molecule has 1 atom stereocenters. The van der Waals surface area contributed by atoms with E-state index in [0.717, 1.165) is 32.5 Å². The molecule has 144 valence electrons. The van der Waals surface area contributed by atoms with Crippen LogP contribution in [0, 0.1) is 5.82 Å². The maximum Gasteiger partial charge on any atom is 0.219 e. The van der Waals surface area contributed by atoms with Crippen LogP contribution in [-0.4, -0.2) is 78.5 Å². The molecule has 0 aliphatic carbocycles. The second kappa shape index (κ2) is 8.33. The van der Waals surface area contributed by atoms with Crippen molar-refractivity contribution in [1.29, 1.82) is 0 Å². The summed E-state index contributed by atoms with van der Waals surface area (Å²) in [4.78, 5) is 15.6. The predicted molar refractivity (Wildman–Crippen MR) is 94.5 cm³/mol. The van der Waals surface area contributed by atoms with Gasteiger partial charge in [-0.1, -0.05) is 6.07 Å². The van der Waals surface area contributed by atoms with E-state index >= 15 is 0 Å². The highest BCUT2D eigenvalue weighted by atomic mass is 19.1. The van der Waals surface area contributed by atoms with E-state index < -0.39 is 5.60 Å². The zero-order valence-corrected chi connectivity index (χ0v) is 15.2. The number of likely N-dealkylation sites (tertiary alicyclic amines) is 1. The van der Waals surface area contributed by atoms with Crippen LogP contribution in [0.1, 0.15) is 19.8 Å². The Labute approximate surface area is 153 Å². The highest BCUT2D eigenvalue weighted by Gasteiger charge is 2.37. The molecule has 0 radical (unpaired) electrons. The van der Waals surface area contributed by atoms with Crippen molar-refractivity contribution in [3.05, 3.63) is 30.1 Å². The molecule has 7 heteroatoms. The fourth-order valence-corrected chi connectivity index (χ4v) is 3.67. The minimum Gasteiger partial charge on any atom is -0.490 e. The molecule has 0 unspecified atom stereocenters. The van der Waals surface area contributed by atoms with E-state index in [2.05, 4.69) is 4.90 Å². The zero-order valence-electron chi connectivity index (χ0n) is 15.2. The summed E-state index contributed by atoms with van der Waals surface area (Å²) in [5.41, 5.74) is -1.15. The van der Waals surface area contributed by atoms with Crippen LogP contribution in [0.2, 0.25) is 0 Å². The maximum absolute atomic E-state index is 13.3. The molecule has 2 aliphatic heterocycles. The Morgan fingerprint density at radius 3 is 2.85 bits per heavy atom. The van der Waals surface area contributed by atoms with Gasteiger partial charge in [0.15, 0.2) is 0 Å². The third kappa shape index (κ3) is 4.93. The molecule has 0 saturated carbocycles. The molecule has 1 aromatic carbocycles. The Bertz CT molecular complexity index is 621. The summed E-state index contributed by atoms with van der Waals surface area (Å²) in [6.45, 7) is 5.05. The first-order valence-electron chi connectivity index (χ1n) is 9.13. The first kappa shape index (κ1) is 19.1. The number of ether oxygens (including phenoxy) is 2. The van der Waals surface area contributed by atoms with Crippen LogP contribution in [-0.2, 0) is 9.53 Å². The van der Waals surface area contributed by atoms with E-state index in [1.165, 1.54) is 12.1 Å². The van der Waals surface area contributed by atoms with Gasteiger partial charge in [0.25, 0.3) is 0 Å². The minimum absolute atomic E-state index is 0.0409. The van der Waals surface area contributed by atoms with Crippen molar-refractivity contribution >= 4 is 5.91 Å². The average Bonchev–Trinajstić information content (AvgIpc) is 2.83. The smallest absolute Gasteiger partial charge is 0.219 e. The highest BCUT2D eigenvalue weighted by Crippen LogP contribution is 2.23. The standard InChI is InChI=1S/C19H27FN2O4/c1-15(23)21-7-5-17(6-8-21)22-9-10-25-13-19(24,12-22)14-26-18-4-2-3-16(20)11-18/h2-4,11,17,24H,5-10,12-14H2,1H3/t19-/m0/s1. The van der Waals surface area contributed by atoms with Gasteiger partial charge < -0.3 is 19.5 Å². The summed E-state index contributed by atoms with van der Waals surface area (Å²) in [5, 5.41) is 11.0. The molecule has 26 heavy (non-hydrogen) atoms. The molecule has 2 saturated heterocycles. The zero-order chi connectivity index (χ0) is 18.6. The van der Waals surface area contributed by atoms with Crippen molar-refractivity contribution in [2.45, 2.75) is 31.4 Å². The van der Waals surface area contributed by atoms with Gasteiger partial charge >= 0.3 is 0 Å². The number of nitrogens with zero attached hydrogens (tertiary/aromatic N) is 2. The van der Waals surface area contributed by atoms with Crippen molar-refractivity contribution in [3.63, 3.8) is 0 Å². The molecule has 6 nitrogen and oxygen atoms in total. The van der Waals surface area contributed by atoms with Crippen LogP contribution in [0.25, 0.3) is 0 Å². The van der Waals surface area contributed by atoms with E-state index in [4.69, 9.17) is 9.47 Å². The Hall–Kier alpha value is -1.70. The number of β-amino-alcohol motifs (C(OH)–C–C–N with tert-alkyl or cyclic N) is 1. The number of carbonyl (C=O) groups is 1. The Balaban J connectivity index is 1.58. The molecular formula is C19H27FN2O4. The predicted octanol–water partition coefficient (Wildman–Crippen LogP) is 1.28. The number of hydrogen-bond acceptors (Lipinski definition) is 5. The van der Waals surface area contributed by atoms with Crippen LogP contribution in [0.15, 0.2) is 24.3 Å². The summed E-state index contributed by atoms with van der Waals surface area (Å²) in [5.74, 6) is 0.136. The fraction of sp³-hybridized carbons (Fsp3) is 0.632. The fourth-order valence-electron chi connectivity index (χ4n) is 3.67. The minimum atomic E-state index is -1.15. The van der Waals surface area contributed by atoms with Gasteiger partial charge in [0.05, 0.1) is 13.2 Å². The van der Waals surface area contributed by atoms with Gasteiger partial charge in [0.2, 0.25) is 5.91 Å². The third-order valence-electron chi connectivity index (χ3n) is 5.12. The average molecular weight is 366 g/mol. The van der Waals surface area contributed by atoms with Crippen LogP contribution >= 0.6 is 0 Å². The van der Waals surface area contributed by atoms with Crippen molar-refractivity contribution in [3.8, 4) is 5.75 Å². The van der Waals surface area contributed by atoms with Gasteiger partial charge in [-0.2, -0.15) is 0 Å². The van der Waals surface area contributed by atoms with E-state index in [9.17, 15) is 14.3 Å². The highest BCUT2D eigenvalue weighted by molar-refractivity contribution is 5.73. The monoisotopic (exact) mass is 366 g/mol. The molecule has 2 fully saturated rings. The summed E-state index contributed by atoms with van der Waals surface area (Å²) in [6, 6.07) is 6.21. The Kier molecular flexibility index (Phi) is 6.11. The lowest BCUT2D eigenvalue weighted by molar-refractivity contribution is -0.130. The number of amides is 1. The second-order valence-corrected chi connectivity index (χ2v) is 7.23. The molecule has 2 aliphatic rings. The van der Waals surface area contributed by atoms with E-state index in [1.54, 1.807) is 19.1 Å².